The fourth-order valence-corrected chi connectivity index (χ4v) is 8.22. The van der Waals surface area contributed by atoms with Gasteiger partial charge >= 0.3 is 5.69 Å². The van der Waals surface area contributed by atoms with Crippen molar-refractivity contribution in [2.24, 2.45) is 5.73 Å². The second-order valence-corrected chi connectivity index (χ2v) is 14.7. The smallest absolute Gasteiger partial charge is 0.328 e. The lowest BCUT2D eigenvalue weighted by Crippen LogP contribution is -2.34. The first-order valence-electron chi connectivity index (χ1n) is 11.8. The Hall–Kier alpha value is -0.880. The summed E-state index contributed by atoms with van der Waals surface area (Å²) < 4.78 is 72.9. The van der Waals surface area contributed by atoms with Gasteiger partial charge in [-0.15, -0.1) is 0 Å². The molecule has 0 aliphatic carbocycles. The molecule has 0 aromatic carbocycles. The Kier molecular flexibility index (Phi) is 13.5. The normalized spacial score (nSPS) is 25.2. The van der Waals surface area contributed by atoms with Gasteiger partial charge in [0.15, 0.2) is 0 Å². The highest BCUT2D eigenvalue weighted by atomic mass is 31.3. The number of aromatic nitrogens is 2. The lowest BCUT2D eigenvalue weighted by atomic mass is 10.1. The van der Waals surface area contributed by atoms with E-state index in [9.17, 15) is 52.5 Å². The predicted octanol–water partition coefficient (Wildman–Crippen LogP) is -2.16. The molecule has 24 heteroatoms. The number of hydrogen-bond donors (Lipinski definition) is 3. The van der Waals surface area contributed by atoms with E-state index in [1.165, 1.54) is 13.1 Å². The highest BCUT2D eigenvalue weighted by Gasteiger charge is 2.36. The van der Waals surface area contributed by atoms with Crippen LogP contribution in [-0.2, 0) is 51.5 Å². The molecule has 238 valence electrons. The van der Waals surface area contributed by atoms with Gasteiger partial charge in [0.05, 0.1) is 32.0 Å². The van der Waals surface area contributed by atoms with Gasteiger partial charge in [-0.3, -0.25) is 32.6 Å². The van der Waals surface area contributed by atoms with Crippen LogP contribution in [0.4, 0.5) is 0 Å². The Balaban J connectivity index is 1.87. The summed E-state index contributed by atoms with van der Waals surface area (Å²) in [6.07, 6.45) is -0.485. The van der Waals surface area contributed by atoms with Gasteiger partial charge in [-0.25, -0.2) is 17.7 Å². The number of hydrogen-bond acceptors (Lipinski definition) is 18. The third kappa shape index (κ3) is 13.1. The van der Waals surface area contributed by atoms with Crippen molar-refractivity contribution >= 4 is 31.3 Å². The number of aliphatic hydroxyl groups is 1. The summed E-state index contributed by atoms with van der Waals surface area (Å²) in [6.45, 7) is 0.187. The number of unbranched alkanes of at least 4 members (excludes halogenated alkanes) is 3. The van der Waals surface area contributed by atoms with Gasteiger partial charge in [0.1, 0.15) is 6.10 Å². The fourth-order valence-electron chi connectivity index (χ4n) is 3.44. The minimum Gasteiger partial charge on any atom is -0.756 e. The molecule has 1 fully saturated rings. The third-order valence-corrected chi connectivity index (χ3v) is 11.0. The monoisotopic (exact) mass is 671 g/mol. The van der Waals surface area contributed by atoms with Crippen LogP contribution < -0.4 is 36.6 Å². The number of ether oxygens (including phenoxy) is 1. The maximum Gasteiger partial charge on any atom is 0.328 e. The average molecular weight is 671 g/mol. The van der Waals surface area contributed by atoms with Crippen molar-refractivity contribution in [3.63, 3.8) is 0 Å². The highest BCUT2D eigenvalue weighted by Crippen LogP contribution is 2.66. The zero-order chi connectivity index (χ0) is 31.1. The van der Waals surface area contributed by atoms with Crippen LogP contribution in [-0.4, -0.2) is 52.7 Å². The zero-order valence-corrected chi connectivity index (χ0v) is 25.0. The van der Waals surface area contributed by atoms with Crippen molar-refractivity contribution in [2.45, 2.75) is 63.9 Å². The van der Waals surface area contributed by atoms with Gasteiger partial charge < -0.3 is 44.2 Å². The van der Waals surface area contributed by atoms with Crippen LogP contribution in [0.5, 0.6) is 0 Å². The first kappa shape index (κ1) is 36.3. The number of nitrogens with two attached hydrogens (primary N) is 1. The van der Waals surface area contributed by atoms with E-state index in [1.54, 1.807) is 0 Å². The second-order valence-electron chi connectivity index (χ2n) is 8.69. The molecule has 20 nitrogen and oxygen atoms in total. The molecule has 2 heterocycles. The first-order chi connectivity index (χ1) is 18.8. The molecule has 0 amide bonds. The minimum atomic E-state index is -6.36. The SMILES string of the molecule is Cc1cn(C[C@H]2CC(O)[C@@H](COP(=O)([O-])OP(=O)([O-])OP(=O)([O-])OP(=O)([O-])OCCCCCCN)O2)c(=O)[nH]c1=O. The molecule has 41 heavy (non-hydrogen) atoms. The van der Waals surface area contributed by atoms with Crippen molar-refractivity contribution in [3.8, 4) is 0 Å². The van der Waals surface area contributed by atoms with Gasteiger partial charge in [0.25, 0.3) is 36.9 Å². The summed E-state index contributed by atoms with van der Waals surface area (Å²) in [6, 6.07) is 0. The van der Waals surface area contributed by atoms with E-state index in [0.717, 1.165) is 4.57 Å². The number of aryl methyl sites for hydroxylation is 1. The van der Waals surface area contributed by atoms with Gasteiger partial charge in [0, 0.05) is 18.2 Å². The molecule has 7 atom stereocenters. The quantitative estimate of drug-likeness (QED) is 0.110. The number of nitrogens with zero attached hydrogens (tertiary/aromatic N) is 1. The average Bonchev–Trinajstić information content (AvgIpc) is 3.15. The summed E-state index contributed by atoms with van der Waals surface area (Å²) in [5, 5.41) is 10.1. The fraction of sp³-hybridized carbons (Fsp3) is 0.765. The number of phosphoric ester groups is 2. The predicted molar refractivity (Wildman–Crippen MR) is 128 cm³/mol. The van der Waals surface area contributed by atoms with E-state index in [1.807, 2.05) is 0 Å². The number of H-pyrrole nitrogens is 1. The lowest BCUT2D eigenvalue weighted by molar-refractivity contribution is -0.254. The molecule has 0 radical (unpaired) electrons. The number of phosphoric acid groups is 4. The van der Waals surface area contributed by atoms with Crippen LogP contribution in [0, 0.1) is 6.92 Å². The van der Waals surface area contributed by atoms with Gasteiger partial charge in [0.2, 0.25) is 0 Å². The molecule has 1 aromatic heterocycles. The molecule has 0 spiro atoms. The molecule has 2 rings (SSSR count). The van der Waals surface area contributed by atoms with Gasteiger partial charge in [-0.05, 0) is 26.3 Å². The van der Waals surface area contributed by atoms with Crippen LogP contribution in [0.2, 0.25) is 0 Å². The number of aromatic amines is 1. The Labute approximate surface area is 232 Å². The molecule has 4 N–H and O–H groups in total. The van der Waals surface area contributed by atoms with Gasteiger partial charge in [-0.2, -0.15) is 0 Å². The van der Waals surface area contributed by atoms with Crippen molar-refractivity contribution in [2.75, 3.05) is 19.8 Å². The molecular formula is C17H29N3O17P4-4. The topological polar surface area (TPSA) is 317 Å². The van der Waals surface area contributed by atoms with Crippen LogP contribution in [0.3, 0.4) is 0 Å². The van der Waals surface area contributed by atoms with E-state index in [2.05, 4.69) is 27.0 Å². The standard InChI is InChI=1S/C17H33N3O17P4/c1-12-9-20(17(23)19-16(12)22)10-13-8-14(21)15(34-13)11-33-39(26,27)36-41(30,31)37-40(28,29)35-38(24,25)32-7-5-3-2-4-6-18/h9,13-15,21H,2-8,10-11,18H2,1H3,(H,24,25)(H,26,27)(H,28,29)(H,30,31)(H,19,22,23)/p-4/t13-,14?,15-/m1/s1. The van der Waals surface area contributed by atoms with Crippen LogP contribution in [0.25, 0.3) is 0 Å². The molecule has 1 saturated heterocycles. The van der Waals surface area contributed by atoms with E-state index in [0.29, 0.717) is 25.8 Å². The molecule has 1 aromatic rings. The summed E-state index contributed by atoms with van der Waals surface area (Å²) in [5.74, 6) is 0. The summed E-state index contributed by atoms with van der Waals surface area (Å²) >= 11 is 0. The number of rotatable bonds is 18. The van der Waals surface area contributed by atoms with Crippen LogP contribution in [0.1, 0.15) is 37.7 Å². The maximum atomic E-state index is 11.9. The molecule has 1 aliphatic rings. The molecule has 0 saturated carbocycles. The van der Waals surface area contributed by atoms with E-state index in [4.69, 9.17) is 10.5 Å². The molecule has 0 bridgehead atoms. The first-order valence-corrected chi connectivity index (χ1v) is 17.7. The van der Waals surface area contributed by atoms with E-state index in [-0.39, 0.29) is 24.9 Å². The molecular weight excluding hydrogens is 642 g/mol. The minimum absolute atomic E-state index is 0.118. The van der Waals surface area contributed by atoms with Crippen LogP contribution >= 0.6 is 31.3 Å². The number of aliphatic hydroxyl groups excluding tert-OH is 1. The lowest BCUT2D eigenvalue weighted by Gasteiger charge is -2.36. The largest absolute Gasteiger partial charge is 0.756 e. The maximum absolute atomic E-state index is 11.9. The van der Waals surface area contributed by atoms with Crippen molar-refractivity contribution < 1.29 is 69.7 Å². The summed E-state index contributed by atoms with van der Waals surface area (Å²) in [4.78, 5) is 72.6. The van der Waals surface area contributed by atoms with Crippen molar-refractivity contribution in [1.29, 1.82) is 0 Å². The highest BCUT2D eigenvalue weighted by molar-refractivity contribution is 7.68. The summed E-state index contributed by atoms with van der Waals surface area (Å²) in [7, 11) is -24.2. The van der Waals surface area contributed by atoms with Crippen LogP contribution in [0.15, 0.2) is 15.8 Å². The van der Waals surface area contributed by atoms with Crippen molar-refractivity contribution in [3.05, 3.63) is 32.6 Å². The molecule has 5 unspecified atom stereocenters. The second kappa shape index (κ2) is 15.2. The van der Waals surface area contributed by atoms with E-state index < -0.39 is 74.1 Å². The Morgan fingerprint density at radius 3 is 2.15 bits per heavy atom. The molecule has 1 aliphatic heterocycles. The van der Waals surface area contributed by atoms with Gasteiger partial charge in [-0.1, -0.05) is 12.8 Å². The van der Waals surface area contributed by atoms with Crippen molar-refractivity contribution in [1.82, 2.24) is 9.55 Å². The Morgan fingerprint density at radius 1 is 0.976 bits per heavy atom. The third-order valence-electron chi connectivity index (χ3n) is 5.23. The Bertz CT molecular complexity index is 1330. The number of nitrogens with one attached hydrogen (secondary N) is 1. The summed E-state index contributed by atoms with van der Waals surface area (Å²) in [5.41, 5.74) is 4.15. The van der Waals surface area contributed by atoms with E-state index >= 15 is 0 Å². The Morgan fingerprint density at radius 2 is 1.54 bits per heavy atom. The zero-order valence-electron chi connectivity index (χ0n) is 21.5.